The van der Waals surface area contributed by atoms with Gasteiger partial charge >= 0.3 is 0 Å². The second-order valence-electron chi connectivity index (χ2n) is 6.30. The van der Waals surface area contributed by atoms with Gasteiger partial charge in [0.2, 0.25) is 0 Å². The number of methoxy groups -OCH3 is 1. The highest BCUT2D eigenvalue weighted by Crippen LogP contribution is 2.34. The summed E-state index contributed by atoms with van der Waals surface area (Å²) in [6.07, 6.45) is 4.36. The molecule has 0 saturated heterocycles. The highest BCUT2D eigenvalue weighted by Gasteiger charge is 2.19. The zero-order valence-electron chi connectivity index (χ0n) is 15.7. The van der Waals surface area contributed by atoms with Gasteiger partial charge in [0.05, 0.1) is 11.8 Å². The fourth-order valence-electron chi connectivity index (χ4n) is 2.67. The van der Waals surface area contributed by atoms with Crippen LogP contribution in [0.1, 0.15) is 11.3 Å². The molecule has 0 spiro atoms. The molecular weight excluding hydrogens is 378 g/mol. The van der Waals surface area contributed by atoms with E-state index in [1.54, 1.807) is 29.4 Å². The minimum atomic E-state index is -0.0554. The van der Waals surface area contributed by atoms with Crippen LogP contribution >= 0.6 is 22.7 Å². The van der Waals surface area contributed by atoms with Crippen LogP contribution in [0.2, 0.25) is 0 Å². The first kappa shape index (κ1) is 19.5. The predicted octanol–water partition coefficient (Wildman–Crippen LogP) is 4.36. The second kappa shape index (κ2) is 9.12. The summed E-state index contributed by atoms with van der Waals surface area (Å²) in [6, 6.07) is 9.80. The maximum absolute atomic E-state index is 12.9. The third kappa shape index (κ3) is 4.94. The van der Waals surface area contributed by atoms with Crippen LogP contribution in [0.15, 0.2) is 41.8 Å². The van der Waals surface area contributed by atoms with Gasteiger partial charge in [-0.05, 0) is 56.7 Å². The lowest BCUT2D eigenvalue weighted by molar-refractivity contribution is -0.114. The van der Waals surface area contributed by atoms with Gasteiger partial charge in [-0.15, -0.1) is 11.3 Å². The number of thiophene rings is 1. The van der Waals surface area contributed by atoms with Gasteiger partial charge in [-0.3, -0.25) is 9.69 Å². The average molecular weight is 402 g/mol. The van der Waals surface area contributed by atoms with E-state index in [2.05, 4.69) is 4.90 Å². The first-order chi connectivity index (χ1) is 13.1. The number of nitrogens with zero attached hydrogens (tertiary/aromatic N) is 3. The van der Waals surface area contributed by atoms with Crippen molar-refractivity contribution in [3.8, 4) is 5.75 Å². The molecule has 0 aliphatic heterocycles. The van der Waals surface area contributed by atoms with Gasteiger partial charge in [0.1, 0.15) is 11.3 Å². The molecule has 0 radical (unpaired) electrons. The fourth-order valence-corrected chi connectivity index (χ4v) is 4.30. The number of anilines is 1. The molecule has 0 saturated carbocycles. The number of para-hydroxylation sites is 1. The van der Waals surface area contributed by atoms with Crippen molar-refractivity contribution >= 4 is 50.0 Å². The lowest BCUT2D eigenvalue weighted by atomic mass is 10.3. The van der Waals surface area contributed by atoms with Gasteiger partial charge < -0.3 is 9.64 Å². The molecule has 0 aliphatic carbocycles. The Morgan fingerprint density at radius 2 is 2.07 bits per heavy atom. The summed E-state index contributed by atoms with van der Waals surface area (Å²) >= 11 is 3.12. The smallest absolute Gasteiger partial charge is 0.252 e. The molecule has 2 aromatic heterocycles. The largest absolute Gasteiger partial charge is 0.494 e. The van der Waals surface area contributed by atoms with Crippen LogP contribution in [0.25, 0.3) is 16.3 Å². The molecule has 0 fully saturated rings. The molecule has 0 bridgehead atoms. The number of carbonyl (C=O) groups is 1. The zero-order chi connectivity index (χ0) is 19.2. The predicted molar refractivity (Wildman–Crippen MR) is 115 cm³/mol. The minimum Gasteiger partial charge on any atom is -0.494 e. The maximum atomic E-state index is 12.9. The number of aromatic nitrogens is 1. The minimum absolute atomic E-state index is 0.0554. The van der Waals surface area contributed by atoms with Crippen molar-refractivity contribution in [1.82, 2.24) is 9.88 Å². The summed E-state index contributed by atoms with van der Waals surface area (Å²) in [4.78, 5) is 22.5. The molecule has 2 heterocycles. The third-order valence-electron chi connectivity index (χ3n) is 4.01. The number of hydrogen-bond donors (Lipinski definition) is 0. The Hall–Kier alpha value is -2.22. The van der Waals surface area contributed by atoms with Crippen molar-refractivity contribution < 1.29 is 9.53 Å². The standard InChI is InChI=1S/C20H23N3O2S2/c1-22(2)12-6-13-23(18(24)11-10-15-7-5-14-26-15)20-21-19-16(25-3)8-4-9-17(19)27-20/h4-5,7-11,14H,6,12-13H2,1-3H3/b11-10+. The number of benzene rings is 1. The topological polar surface area (TPSA) is 45.7 Å². The Bertz CT molecular complexity index is 917. The van der Waals surface area contributed by atoms with E-state index in [9.17, 15) is 4.79 Å². The Labute approximate surface area is 167 Å². The molecule has 0 atom stereocenters. The fraction of sp³-hybridized carbons (Fsp3) is 0.300. The number of hydrogen-bond acceptors (Lipinski definition) is 6. The molecule has 0 N–H and O–H groups in total. The van der Waals surface area contributed by atoms with Gasteiger partial charge in [0, 0.05) is 17.5 Å². The molecule has 3 rings (SSSR count). The molecule has 5 nitrogen and oxygen atoms in total. The SMILES string of the molecule is COc1cccc2sc(N(CCCN(C)C)C(=O)/C=C/c3cccs3)nc12. The lowest BCUT2D eigenvalue weighted by Crippen LogP contribution is -2.32. The number of rotatable bonds is 8. The van der Waals surface area contributed by atoms with Gasteiger partial charge in [-0.25, -0.2) is 4.98 Å². The van der Waals surface area contributed by atoms with Crippen LogP contribution in [0, 0.1) is 0 Å². The van der Waals surface area contributed by atoms with E-state index in [1.165, 1.54) is 11.3 Å². The summed E-state index contributed by atoms with van der Waals surface area (Å²) < 4.78 is 6.42. The van der Waals surface area contributed by atoms with Gasteiger partial charge in [0.15, 0.2) is 5.13 Å². The van der Waals surface area contributed by atoms with E-state index >= 15 is 0 Å². The first-order valence-corrected chi connectivity index (χ1v) is 10.4. The van der Waals surface area contributed by atoms with Gasteiger partial charge in [-0.1, -0.05) is 23.5 Å². The molecule has 3 aromatic rings. The Morgan fingerprint density at radius 1 is 1.22 bits per heavy atom. The monoisotopic (exact) mass is 401 g/mol. The van der Waals surface area contributed by atoms with Crippen LogP contribution in [-0.4, -0.2) is 50.1 Å². The molecule has 0 unspecified atom stereocenters. The summed E-state index contributed by atoms with van der Waals surface area (Å²) in [5.41, 5.74) is 0.799. The third-order valence-corrected chi connectivity index (χ3v) is 5.89. The second-order valence-corrected chi connectivity index (χ2v) is 8.29. The molecule has 142 valence electrons. The molecule has 7 heteroatoms. The van der Waals surface area contributed by atoms with Crippen molar-refractivity contribution in [3.05, 3.63) is 46.7 Å². The maximum Gasteiger partial charge on any atom is 0.252 e. The van der Waals surface area contributed by atoms with E-state index in [1.807, 2.05) is 55.9 Å². The molecular formula is C20H23N3O2S2. The van der Waals surface area contributed by atoms with E-state index in [4.69, 9.17) is 9.72 Å². The van der Waals surface area contributed by atoms with Crippen LogP contribution in [0.3, 0.4) is 0 Å². The number of ether oxygens (including phenoxy) is 1. The van der Waals surface area contributed by atoms with E-state index in [0.717, 1.165) is 33.8 Å². The Morgan fingerprint density at radius 3 is 2.78 bits per heavy atom. The Kier molecular flexibility index (Phi) is 6.60. The summed E-state index contributed by atoms with van der Waals surface area (Å²) in [6.45, 7) is 1.53. The van der Waals surface area contributed by atoms with E-state index in [-0.39, 0.29) is 5.91 Å². The highest BCUT2D eigenvalue weighted by atomic mass is 32.1. The zero-order valence-corrected chi connectivity index (χ0v) is 17.3. The van der Waals surface area contributed by atoms with Crippen LogP contribution in [0.4, 0.5) is 5.13 Å². The van der Waals surface area contributed by atoms with Crippen molar-refractivity contribution in [3.63, 3.8) is 0 Å². The quantitative estimate of drug-likeness (QED) is 0.526. The van der Waals surface area contributed by atoms with Gasteiger partial charge in [0.25, 0.3) is 5.91 Å². The summed E-state index contributed by atoms with van der Waals surface area (Å²) in [7, 11) is 5.70. The van der Waals surface area contributed by atoms with E-state index in [0.29, 0.717) is 11.7 Å². The molecule has 27 heavy (non-hydrogen) atoms. The van der Waals surface area contributed by atoms with Crippen molar-refractivity contribution in [2.75, 3.05) is 39.2 Å². The van der Waals surface area contributed by atoms with Crippen LogP contribution in [0.5, 0.6) is 5.75 Å². The first-order valence-electron chi connectivity index (χ1n) is 8.70. The molecule has 1 aromatic carbocycles. The Balaban J connectivity index is 1.87. The number of fused-ring (bicyclic) bond motifs is 1. The van der Waals surface area contributed by atoms with Crippen molar-refractivity contribution in [1.29, 1.82) is 0 Å². The summed E-state index contributed by atoms with van der Waals surface area (Å²) in [5.74, 6) is 0.671. The highest BCUT2D eigenvalue weighted by molar-refractivity contribution is 7.22. The van der Waals surface area contributed by atoms with Crippen LogP contribution < -0.4 is 9.64 Å². The van der Waals surface area contributed by atoms with Crippen molar-refractivity contribution in [2.24, 2.45) is 0 Å². The van der Waals surface area contributed by atoms with E-state index < -0.39 is 0 Å². The average Bonchev–Trinajstić information content (AvgIpc) is 3.31. The van der Waals surface area contributed by atoms with Crippen LogP contribution in [-0.2, 0) is 4.79 Å². The number of thiazole rings is 1. The normalized spacial score (nSPS) is 11.6. The molecule has 1 amide bonds. The number of carbonyl (C=O) groups excluding carboxylic acids is 1. The van der Waals surface area contributed by atoms with Crippen molar-refractivity contribution in [2.45, 2.75) is 6.42 Å². The number of amides is 1. The van der Waals surface area contributed by atoms with Gasteiger partial charge in [-0.2, -0.15) is 0 Å². The molecule has 0 aliphatic rings. The summed E-state index contributed by atoms with van der Waals surface area (Å²) in [5, 5.41) is 2.70. The lowest BCUT2D eigenvalue weighted by Gasteiger charge is -2.19.